The van der Waals surface area contributed by atoms with Gasteiger partial charge in [-0.05, 0) is 62.5 Å². The summed E-state index contributed by atoms with van der Waals surface area (Å²) >= 11 is 0. The molecule has 22 heavy (non-hydrogen) atoms. The van der Waals surface area contributed by atoms with Crippen molar-refractivity contribution in [3.05, 3.63) is 35.5 Å². The predicted octanol–water partition coefficient (Wildman–Crippen LogP) is 1.55. The number of hydrogen-bond acceptors (Lipinski definition) is 3. The lowest BCUT2D eigenvalue weighted by Crippen LogP contribution is -2.23. The number of nitrogens with one attached hydrogen (secondary N) is 3. The highest BCUT2D eigenvalue weighted by atomic mass is 32.2. The van der Waals surface area contributed by atoms with Crippen LogP contribution in [0.3, 0.4) is 0 Å². The van der Waals surface area contributed by atoms with Crippen molar-refractivity contribution in [2.45, 2.75) is 31.7 Å². The fourth-order valence-electron chi connectivity index (χ4n) is 3.10. The molecular weight excluding hydrogens is 298 g/mol. The van der Waals surface area contributed by atoms with E-state index in [1.54, 1.807) is 0 Å². The highest BCUT2D eigenvalue weighted by Gasteiger charge is 2.16. The number of benzene rings is 1. The topological polar surface area (TPSA) is 74.0 Å². The highest BCUT2D eigenvalue weighted by molar-refractivity contribution is 7.89. The Kier molecular flexibility index (Phi) is 4.52. The van der Waals surface area contributed by atoms with Gasteiger partial charge in [0.15, 0.2) is 0 Å². The molecule has 2 heterocycles. The first kappa shape index (κ1) is 15.5. The molecule has 3 rings (SSSR count). The zero-order valence-corrected chi connectivity index (χ0v) is 13.7. The van der Waals surface area contributed by atoms with Gasteiger partial charge in [0.1, 0.15) is 0 Å². The van der Waals surface area contributed by atoms with E-state index in [9.17, 15) is 8.42 Å². The van der Waals surface area contributed by atoms with Gasteiger partial charge in [-0.1, -0.05) is 6.07 Å². The van der Waals surface area contributed by atoms with E-state index < -0.39 is 10.0 Å². The summed E-state index contributed by atoms with van der Waals surface area (Å²) in [5.74, 6) is 0.124. The van der Waals surface area contributed by atoms with E-state index in [-0.39, 0.29) is 5.75 Å². The van der Waals surface area contributed by atoms with Gasteiger partial charge in [-0.3, -0.25) is 0 Å². The van der Waals surface area contributed by atoms with Gasteiger partial charge in [0.25, 0.3) is 0 Å². The van der Waals surface area contributed by atoms with E-state index in [2.05, 4.69) is 27.3 Å². The van der Waals surface area contributed by atoms with E-state index in [0.717, 1.165) is 24.0 Å². The Morgan fingerprint density at radius 1 is 1.36 bits per heavy atom. The number of rotatable bonds is 6. The second-order valence-electron chi connectivity index (χ2n) is 5.96. The van der Waals surface area contributed by atoms with Gasteiger partial charge in [0.05, 0.1) is 5.75 Å². The molecule has 1 fully saturated rings. The lowest BCUT2D eigenvalue weighted by molar-refractivity contribution is 0.587. The maximum Gasteiger partial charge on any atom is 0.211 e. The lowest BCUT2D eigenvalue weighted by atomic mass is 10.0. The summed E-state index contributed by atoms with van der Waals surface area (Å²) in [7, 11) is -1.70. The smallest absolute Gasteiger partial charge is 0.211 e. The monoisotopic (exact) mass is 321 g/mol. The van der Waals surface area contributed by atoms with Crippen LogP contribution in [0.1, 0.15) is 24.0 Å². The summed E-state index contributed by atoms with van der Waals surface area (Å²) < 4.78 is 25.5. The van der Waals surface area contributed by atoms with Crippen molar-refractivity contribution in [3.8, 4) is 0 Å². The largest absolute Gasteiger partial charge is 0.361 e. The van der Waals surface area contributed by atoms with E-state index in [4.69, 9.17) is 0 Å². The maximum absolute atomic E-state index is 11.6. The van der Waals surface area contributed by atoms with Crippen molar-refractivity contribution < 1.29 is 8.42 Å². The van der Waals surface area contributed by atoms with Crippen molar-refractivity contribution in [2.24, 2.45) is 0 Å². The van der Waals surface area contributed by atoms with Gasteiger partial charge < -0.3 is 10.3 Å². The Bertz CT molecular complexity index is 746. The molecule has 1 saturated heterocycles. The SMILES string of the molecule is CNS(=O)(=O)CCc1ccc2[nH]cc(CC3CCCN3)c2c1. The summed E-state index contributed by atoms with van der Waals surface area (Å²) in [6, 6.07) is 6.73. The number of H-pyrrole nitrogens is 1. The second-order valence-corrected chi connectivity index (χ2v) is 8.01. The molecule has 2 aromatic rings. The van der Waals surface area contributed by atoms with Crippen LogP contribution in [0.5, 0.6) is 0 Å². The molecule has 1 unspecified atom stereocenters. The Labute approximate surface area is 131 Å². The molecule has 0 amide bonds. The normalized spacial score (nSPS) is 19.0. The molecule has 6 heteroatoms. The van der Waals surface area contributed by atoms with Gasteiger partial charge in [-0.15, -0.1) is 0 Å². The molecule has 0 aliphatic carbocycles. The van der Waals surface area contributed by atoms with Crippen molar-refractivity contribution in [1.29, 1.82) is 0 Å². The van der Waals surface area contributed by atoms with Crippen molar-refractivity contribution in [1.82, 2.24) is 15.0 Å². The van der Waals surface area contributed by atoms with Crippen LogP contribution in [0.25, 0.3) is 10.9 Å². The number of aromatic nitrogens is 1. The van der Waals surface area contributed by atoms with Crippen LogP contribution >= 0.6 is 0 Å². The van der Waals surface area contributed by atoms with Crippen LogP contribution in [0.2, 0.25) is 0 Å². The molecule has 0 bridgehead atoms. The number of sulfonamides is 1. The Hall–Kier alpha value is -1.37. The fraction of sp³-hybridized carbons (Fsp3) is 0.500. The molecule has 1 aliphatic heterocycles. The van der Waals surface area contributed by atoms with E-state index in [1.807, 2.05) is 12.1 Å². The lowest BCUT2D eigenvalue weighted by Gasteiger charge is -2.09. The molecule has 0 saturated carbocycles. The van der Waals surface area contributed by atoms with Gasteiger partial charge >= 0.3 is 0 Å². The van der Waals surface area contributed by atoms with E-state index in [0.29, 0.717) is 12.5 Å². The average molecular weight is 321 g/mol. The minimum absolute atomic E-state index is 0.124. The molecule has 1 aliphatic rings. The Morgan fingerprint density at radius 3 is 2.95 bits per heavy atom. The minimum Gasteiger partial charge on any atom is -0.361 e. The van der Waals surface area contributed by atoms with Crippen molar-refractivity contribution in [2.75, 3.05) is 19.3 Å². The first-order valence-corrected chi connectivity index (χ1v) is 9.46. The van der Waals surface area contributed by atoms with Gasteiger partial charge in [-0.2, -0.15) is 0 Å². The summed E-state index contributed by atoms with van der Waals surface area (Å²) in [6.07, 6.45) is 6.12. The first-order valence-electron chi connectivity index (χ1n) is 7.81. The molecule has 3 N–H and O–H groups in total. The minimum atomic E-state index is -3.15. The van der Waals surface area contributed by atoms with Crippen LogP contribution in [0.15, 0.2) is 24.4 Å². The van der Waals surface area contributed by atoms with Gasteiger partial charge in [0.2, 0.25) is 10.0 Å². The summed E-state index contributed by atoms with van der Waals surface area (Å²) in [5.41, 5.74) is 3.49. The average Bonchev–Trinajstić information content (AvgIpc) is 3.16. The van der Waals surface area contributed by atoms with Crippen LogP contribution < -0.4 is 10.0 Å². The molecule has 0 radical (unpaired) electrons. The molecule has 1 aromatic heterocycles. The van der Waals surface area contributed by atoms with E-state index >= 15 is 0 Å². The number of hydrogen-bond donors (Lipinski definition) is 3. The molecule has 1 aromatic carbocycles. The summed E-state index contributed by atoms with van der Waals surface area (Å²) in [5, 5.41) is 4.74. The molecule has 120 valence electrons. The Morgan fingerprint density at radius 2 is 2.23 bits per heavy atom. The van der Waals surface area contributed by atoms with E-state index in [1.165, 1.54) is 30.8 Å². The standard InChI is InChI=1S/C16H23N3O2S/c1-17-22(20,21)8-6-12-4-5-16-15(9-12)13(11-19-16)10-14-3-2-7-18-14/h4-5,9,11,14,17-19H,2-3,6-8,10H2,1H3. The summed E-state index contributed by atoms with van der Waals surface area (Å²) in [4.78, 5) is 3.31. The zero-order chi connectivity index (χ0) is 15.6. The number of fused-ring (bicyclic) bond motifs is 1. The summed E-state index contributed by atoms with van der Waals surface area (Å²) in [6.45, 7) is 1.11. The van der Waals surface area contributed by atoms with Crippen LogP contribution in [0, 0.1) is 0 Å². The predicted molar refractivity (Wildman–Crippen MR) is 89.6 cm³/mol. The highest BCUT2D eigenvalue weighted by Crippen LogP contribution is 2.23. The molecule has 5 nitrogen and oxygen atoms in total. The quantitative estimate of drug-likeness (QED) is 0.756. The van der Waals surface area contributed by atoms with Gasteiger partial charge in [0, 0.05) is 23.1 Å². The first-order chi connectivity index (χ1) is 10.6. The second kappa shape index (κ2) is 6.40. The third-order valence-electron chi connectivity index (χ3n) is 4.43. The van der Waals surface area contributed by atoms with Crippen LogP contribution in [-0.4, -0.2) is 38.8 Å². The molecule has 0 spiro atoms. The van der Waals surface area contributed by atoms with Crippen molar-refractivity contribution >= 4 is 20.9 Å². The zero-order valence-electron chi connectivity index (χ0n) is 12.9. The van der Waals surface area contributed by atoms with Crippen LogP contribution in [-0.2, 0) is 22.9 Å². The molecule has 1 atom stereocenters. The van der Waals surface area contributed by atoms with Gasteiger partial charge in [-0.25, -0.2) is 13.1 Å². The number of aromatic amines is 1. The van der Waals surface area contributed by atoms with Crippen molar-refractivity contribution in [3.63, 3.8) is 0 Å². The fourth-order valence-corrected chi connectivity index (χ4v) is 3.81. The third kappa shape index (κ3) is 3.51. The Balaban J connectivity index is 1.78. The molecular formula is C16H23N3O2S. The maximum atomic E-state index is 11.6. The number of aryl methyl sites for hydroxylation is 1. The third-order valence-corrected chi connectivity index (χ3v) is 5.79. The van der Waals surface area contributed by atoms with Crippen LogP contribution in [0.4, 0.5) is 0 Å².